The van der Waals surface area contributed by atoms with Crippen LogP contribution in [0.3, 0.4) is 0 Å². The topological polar surface area (TPSA) is 92.5 Å². The summed E-state index contributed by atoms with van der Waals surface area (Å²) in [6.07, 6.45) is 2.76. The molecule has 0 saturated carbocycles. The van der Waals surface area contributed by atoms with Gasteiger partial charge in [-0.2, -0.15) is 10.3 Å². The van der Waals surface area contributed by atoms with Gasteiger partial charge in [0.2, 0.25) is 5.65 Å². The largest absolute Gasteiger partial charge is 0.384 e. The number of rotatable bonds is 6. The molecule has 2 atom stereocenters. The van der Waals surface area contributed by atoms with Gasteiger partial charge in [0.15, 0.2) is 0 Å². The van der Waals surface area contributed by atoms with Crippen LogP contribution in [0.2, 0.25) is 0 Å². The number of aromatic amines is 1. The maximum atomic E-state index is 13.5. The van der Waals surface area contributed by atoms with Gasteiger partial charge in [0.25, 0.3) is 0 Å². The summed E-state index contributed by atoms with van der Waals surface area (Å²) < 4.78 is 13.5. The summed E-state index contributed by atoms with van der Waals surface area (Å²) in [7, 11) is 0. The molecule has 0 spiro atoms. The van der Waals surface area contributed by atoms with E-state index < -0.39 is 0 Å². The molecule has 4 aromatic rings. The van der Waals surface area contributed by atoms with Gasteiger partial charge < -0.3 is 11.1 Å². The average Bonchev–Trinajstić information content (AvgIpc) is 3.38. The van der Waals surface area contributed by atoms with E-state index in [9.17, 15) is 4.39 Å². The summed E-state index contributed by atoms with van der Waals surface area (Å²) in [4.78, 5) is 4.27. The SMILES string of the molecule is Nc1cc(C(CCN[C@@H]2CCc3cc(F)ccc32)c2ccccc2)c2n[nH]nc2n1. The van der Waals surface area contributed by atoms with Crippen LogP contribution in [0.5, 0.6) is 0 Å². The standard InChI is InChI=1S/C23H23FN6/c24-16-7-8-18-15(12-16)6-9-20(18)26-11-10-17(14-4-2-1-3-5-14)19-13-21(25)27-23-22(19)28-30-29-23/h1-5,7-8,12-13,17,20,26H,6,9-11H2,(H3,25,27,28,29,30)/t17?,20-/m1/s1. The van der Waals surface area contributed by atoms with Crippen molar-refractivity contribution in [1.82, 2.24) is 25.7 Å². The lowest BCUT2D eigenvalue weighted by Gasteiger charge is -2.21. The lowest BCUT2D eigenvalue weighted by molar-refractivity contribution is 0.508. The Hall–Kier alpha value is -3.32. The fourth-order valence-corrected chi connectivity index (χ4v) is 4.53. The minimum absolute atomic E-state index is 0.102. The van der Waals surface area contributed by atoms with Crippen LogP contribution < -0.4 is 11.1 Å². The molecule has 0 radical (unpaired) electrons. The van der Waals surface area contributed by atoms with Gasteiger partial charge in [-0.05, 0) is 66.3 Å². The Morgan fingerprint density at radius 1 is 1.13 bits per heavy atom. The van der Waals surface area contributed by atoms with Gasteiger partial charge in [0.05, 0.1) is 0 Å². The van der Waals surface area contributed by atoms with E-state index in [1.165, 1.54) is 11.1 Å². The third kappa shape index (κ3) is 3.52. The first kappa shape index (κ1) is 18.7. The number of H-pyrrole nitrogens is 1. The van der Waals surface area contributed by atoms with Gasteiger partial charge in [0.1, 0.15) is 17.2 Å². The number of aryl methyl sites for hydroxylation is 1. The Balaban J connectivity index is 1.40. The Kier molecular flexibility index (Phi) is 4.88. The minimum Gasteiger partial charge on any atom is -0.384 e. The van der Waals surface area contributed by atoms with E-state index in [0.29, 0.717) is 11.5 Å². The number of fused-ring (bicyclic) bond motifs is 2. The van der Waals surface area contributed by atoms with Crippen molar-refractivity contribution in [3.63, 3.8) is 0 Å². The molecular formula is C23H23FN6. The molecule has 0 amide bonds. The van der Waals surface area contributed by atoms with E-state index in [2.05, 4.69) is 37.8 Å². The molecule has 1 aliphatic carbocycles. The smallest absolute Gasteiger partial charge is 0.203 e. The normalized spacial score (nSPS) is 16.6. The summed E-state index contributed by atoms with van der Waals surface area (Å²) in [6.45, 7) is 0.808. The predicted molar refractivity (Wildman–Crippen MR) is 114 cm³/mol. The summed E-state index contributed by atoms with van der Waals surface area (Å²) in [5.74, 6) is 0.378. The average molecular weight is 402 g/mol. The second kappa shape index (κ2) is 7.84. The van der Waals surface area contributed by atoms with E-state index in [1.807, 2.05) is 30.3 Å². The van der Waals surface area contributed by atoms with Crippen molar-refractivity contribution in [2.45, 2.75) is 31.2 Å². The summed E-state index contributed by atoms with van der Waals surface area (Å²) >= 11 is 0. The third-order valence-electron chi connectivity index (χ3n) is 5.93. The number of halogens is 1. The van der Waals surface area contributed by atoms with E-state index >= 15 is 0 Å². The van der Waals surface area contributed by atoms with Gasteiger partial charge in [-0.15, -0.1) is 5.10 Å². The number of aromatic nitrogens is 4. The van der Waals surface area contributed by atoms with Crippen molar-refractivity contribution >= 4 is 17.0 Å². The number of pyridine rings is 1. The van der Waals surface area contributed by atoms with Crippen LogP contribution >= 0.6 is 0 Å². The zero-order chi connectivity index (χ0) is 20.5. The van der Waals surface area contributed by atoms with E-state index in [0.717, 1.165) is 42.5 Å². The Morgan fingerprint density at radius 3 is 2.87 bits per heavy atom. The molecule has 0 aliphatic heterocycles. The molecule has 2 aromatic heterocycles. The second-order valence-corrected chi connectivity index (χ2v) is 7.77. The third-order valence-corrected chi connectivity index (χ3v) is 5.93. The first-order valence-corrected chi connectivity index (χ1v) is 10.2. The molecule has 1 aliphatic rings. The van der Waals surface area contributed by atoms with Gasteiger partial charge in [0, 0.05) is 12.0 Å². The fraction of sp³-hybridized carbons (Fsp3) is 0.261. The lowest BCUT2D eigenvalue weighted by atomic mass is 9.88. The van der Waals surface area contributed by atoms with E-state index in [-0.39, 0.29) is 17.8 Å². The summed E-state index contributed by atoms with van der Waals surface area (Å²) in [6, 6.07) is 17.6. The zero-order valence-electron chi connectivity index (χ0n) is 16.5. The van der Waals surface area contributed by atoms with E-state index in [1.54, 1.807) is 12.1 Å². The molecule has 0 saturated heterocycles. The quantitative estimate of drug-likeness (QED) is 0.455. The van der Waals surface area contributed by atoms with Gasteiger partial charge >= 0.3 is 0 Å². The number of nitrogens with two attached hydrogens (primary N) is 1. The van der Waals surface area contributed by atoms with Crippen LogP contribution in [0.25, 0.3) is 11.2 Å². The Morgan fingerprint density at radius 2 is 2.00 bits per heavy atom. The molecule has 5 rings (SSSR count). The van der Waals surface area contributed by atoms with Crippen LogP contribution in [-0.2, 0) is 6.42 Å². The first-order chi connectivity index (χ1) is 14.7. The Labute approximate surface area is 173 Å². The van der Waals surface area contributed by atoms with Crippen LogP contribution in [0.1, 0.15) is 47.1 Å². The monoisotopic (exact) mass is 402 g/mol. The molecule has 2 heterocycles. The predicted octanol–water partition coefficient (Wildman–Crippen LogP) is 3.87. The molecule has 1 unspecified atom stereocenters. The number of nitrogens with zero attached hydrogens (tertiary/aromatic N) is 3. The van der Waals surface area contributed by atoms with Crippen molar-refractivity contribution in [3.8, 4) is 0 Å². The maximum Gasteiger partial charge on any atom is 0.203 e. The lowest BCUT2D eigenvalue weighted by Crippen LogP contribution is -2.22. The number of anilines is 1. The molecule has 6 nitrogen and oxygen atoms in total. The van der Waals surface area contributed by atoms with Crippen LogP contribution in [0, 0.1) is 5.82 Å². The fourth-order valence-electron chi connectivity index (χ4n) is 4.53. The van der Waals surface area contributed by atoms with E-state index in [4.69, 9.17) is 5.73 Å². The second-order valence-electron chi connectivity index (χ2n) is 7.77. The number of nitrogens with one attached hydrogen (secondary N) is 2. The number of hydrogen-bond acceptors (Lipinski definition) is 5. The molecule has 2 aromatic carbocycles. The molecule has 152 valence electrons. The molecular weight excluding hydrogens is 379 g/mol. The van der Waals surface area contributed by atoms with Crippen molar-refractivity contribution in [3.05, 3.63) is 82.7 Å². The molecule has 30 heavy (non-hydrogen) atoms. The molecule has 0 bridgehead atoms. The maximum absolute atomic E-state index is 13.5. The Bertz CT molecular complexity index is 1170. The van der Waals surface area contributed by atoms with Gasteiger partial charge in [-0.1, -0.05) is 36.4 Å². The van der Waals surface area contributed by atoms with Gasteiger partial charge in [-0.3, -0.25) is 0 Å². The van der Waals surface area contributed by atoms with Gasteiger partial charge in [-0.25, -0.2) is 9.37 Å². The molecule has 4 N–H and O–H groups in total. The van der Waals surface area contributed by atoms with Crippen LogP contribution in [-0.4, -0.2) is 26.9 Å². The van der Waals surface area contributed by atoms with Crippen molar-refractivity contribution in [1.29, 1.82) is 0 Å². The molecule has 0 fully saturated rings. The summed E-state index contributed by atoms with van der Waals surface area (Å²) in [5, 5.41) is 14.8. The minimum atomic E-state index is -0.162. The highest BCUT2D eigenvalue weighted by atomic mass is 19.1. The van der Waals surface area contributed by atoms with Crippen molar-refractivity contribution < 1.29 is 4.39 Å². The number of hydrogen-bond donors (Lipinski definition) is 3. The number of benzene rings is 2. The van der Waals surface area contributed by atoms with Crippen molar-refractivity contribution in [2.24, 2.45) is 0 Å². The zero-order valence-corrected chi connectivity index (χ0v) is 16.5. The first-order valence-electron chi connectivity index (χ1n) is 10.2. The molecule has 7 heteroatoms. The summed E-state index contributed by atoms with van der Waals surface area (Å²) in [5.41, 5.74) is 11.9. The highest BCUT2D eigenvalue weighted by Crippen LogP contribution is 2.34. The van der Waals surface area contributed by atoms with Crippen LogP contribution in [0.15, 0.2) is 54.6 Å². The van der Waals surface area contributed by atoms with Crippen molar-refractivity contribution in [2.75, 3.05) is 12.3 Å². The highest BCUT2D eigenvalue weighted by Gasteiger charge is 2.24. The number of nitrogen functional groups attached to an aromatic ring is 1. The highest BCUT2D eigenvalue weighted by molar-refractivity contribution is 5.77. The van der Waals surface area contributed by atoms with Crippen LogP contribution in [0.4, 0.5) is 10.2 Å².